The van der Waals surface area contributed by atoms with Crippen LogP contribution in [0.15, 0.2) is 27.4 Å². The third-order valence-electron chi connectivity index (χ3n) is 6.01. The topological polar surface area (TPSA) is 170 Å². The molecule has 4 atom stereocenters. The molecule has 0 unspecified atom stereocenters. The third-order valence-corrected chi connectivity index (χ3v) is 6.69. The number of aromatic hydroxyl groups is 1. The van der Waals surface area contributed by atoms with E-state index in [1.54, 1.807) is 26.8 Å². The van der Waals surface area contributed by atoms with Crippen molar-refractivity contribution in [2.24, 2.45) is 0 Å². The summed E-state index contributed by atoms with van der Waals surface area (Å²) in [5, 5.41) is 34.2. The lowest BCUT2D eigenvalue weighted by Crippen LogP contribution is -2.63. The highest BCUT2D eigenvalue weighted by molar-refractivity contribution is 7.05. The van der Waals surface area contributed by atoms with Crippen molar-refractivity contribution in [2.75, 3.05) is 19.0 Å². The number of hydrogen-bond donors (Lipinski definition) is 4. The molecule has 3 heterocycles. The second kappa shape index (κ2) is 10.3. The van der Waals surface area contributed by atoms with Gasteiger partial charge in [-0.2, -0.15) is 4.37 Å². The van der Waals surface area contributed by atoms with E-state index in [1.165, 1.54) is 30.8 Å². The van der Waals surface area contributed by atoms with E-state index in [2.05, 4.69) is 9.69 Å². The molecule has 1 fully saturated rings. The molecule has 37 heavy (non-hydrogen) atoms. The van der Waals surface area contributed by atoms with Crippen molar-refractivity contribution in [3.63, 3.8) is 0 Å². The predicted molar refractivity (Wildman–Crippen MR) is 132 cm³/mol. The number of methoxy groups -OCH3 is 1. The number of hydrogen-bond acceptors (Lipinski definition) is 12. The van der Waals surface area contributed by atoms with E-state index in [1.807, 2.05) is 6.92 Å². The van der Waals surface area contributed by atoms with Gasteiger partial charge in [-0.25, -0.2) is 4.79 Å². The van der Waals surface area contributed by atoms with E-state index in [4.69, 9.17) is 23.4 Å². The van der Waals surface area contributed by atoms with Gasteiger partial charge in [0.2, 0.25) is 12.2 Å². The molecule has 0 spiro atoms. The highest BCUT2D eigenvalue weighted by Crippen LogP contribution is 2.37. The number of nitrogens with one attached hydrogen (secondary N) is 1. The van der Waals surface area contributed by atoms with Crippen molar-refractivity contribution >= 4 is 34.1 Å². The Bertz CT molecular complexity index is 1370. The molecule has 3 aromatic rings. The normalized spacial score (nSPS) is 23.1. The van der Waals surface area contributed by atoms with Crippen molar-refractivity contribution < 1.29 is 43.5 Å². The number of nitrogens with zero attached hydrogens (tertiary/aromatic N) is 1. The Morgan fingerprint density at radius 1 is 1.24 bits per heavy atom. The molecular weight excluding hydrogens is 508 g/mol. The Balaban J connectivity index is 1.56. The molecule has 12 nitrogen and oxygen atoms in total. The van der Waals surface area contributed by atoms with Gasteiger partial charge in [-0.15, -0.1) is 0 Å². The number of rotatable bonds is 7. The van der Waals surface area contributed by atoms with Crippen LogP contribution in [-0.2, 0) is 14.3 Å². The van der Waals surface area contributed by atoms with Crippen molar-refractivity contribution in [3.8, 4) is 17.4 Å². The monoisotopic (exact) mass is 536 g/mol. The first kappa shape index (κ1) is 26.8. The molecule has 1 amide bonds. The standard InChI is InChI=1S/C24H28N2O10S/c1-10-8-15(26-37-10)33-9-14(27)25-16-17(28)12-6-7-13(11(2)20(12)35-22(16)31)34-23-19(30)18(29)21(32-5)24(3,4)36-23/h6-8,18-19,21,23,28-30H,9H2,1-5H3,(H,25,27)/t18-,19+,21+,23+/m0/s1. The SMILES string of the molecule is CO[C@@H]1[C@@H](O)[C@@H](O)[C@H](Oc2ccc3c(O)c(NC(=O)COc4cc(C)sn4)c(=O)oc3c2C)OC1(C)C. The predicted octanol–water partition coefficient (Wildman–Crippen LogP) is 1.84. The number of carbonyl (C=O) groups is 1. The van der Waals surface area contributed by atoms with Gasteiger partial charge >= 0.3 is 5.63 Å². The third kappa shape index (κ3) is 5.26. The fraction of sp³-hybridized carbons (Fsp3) is 0.458. The first-order chi connectivity index (χ1) is 17.4. The van der Waals surface area contributed by atoms with Gasteiger partial charge in [0.05, 0.1) is 11.0 Å². The van der Waals surface area contributed by atoms with Gasteiger partial charge in [-0.3, -0.25) is 4.79 Å². The fourth-order valence-corrected chi connectivity index (χ4v) is 4.65. The van der Waals surface area contributed by atoms with Crippen LogP contribution in [0.3, 0.4) is 0 Å². The Labute approximate surface area is 215 Å². The van der Waals surface area contributed by atoms with Crippen molar-refractivity contribution in [1.29, 1.82) is 0 Å². The highest BCUT2D eigenvalue weighted by atomic mass is 32.1. The van der Waals surface area contributed by atoms with Crippen molar-refractivity contribution in [2.45, 2.75) is 57.9 Å². The molecule has 2 aromatic heterocycles. The highest BCUT2D eigenvalue weighted by Gasteiger charge is 2.50. The van der Waals surface area contributed by atoms with Gasteiger partial charge in [-0.1, -0.05) is 0 Å². The van der Waals surface area contributed by atoms with E-state index >= 15 is 0 Å². The minimum Gasteiger partial charge on any atom is -0.505 e. The summed E-state index contributed by atoms with van der Waals surface area (Å²) in [5.74, 6) is -0.728. The summed E-state index contributed by atoms with van der Waals surface area (Å²) < 4.78 is 31.6. The summed E-state index contributed by atoms with van der Waals surface area (Å²) in [4.78, 5) is 25.8. The summed E-state index contributed by atoms with van der Waals surface area (Å²) in [6.45, 7) is 6.37. The molecule has 1 aromatic carbocycles. The zero-order valence-electron chi connectivity index (χ0n) is 20.8. The Morgan fingerprint density at radius 3 is 2.62 bits per heavy atom. The zero-order valence-corrected chi connectivity index (χ0v) is 21.6. The number of aliphatic hydroxyl groups is 2. The number of carbonyl (C=O) groups excluding carboxylic acids is 1. The van der Waals surface area contributed by atoms with Crippen LogP contribution in [0, 0.1) is 13.8 Å². The molecule has 0 saturated carbocycles. The molecule has 1 saturated heterocycles. The molecule has 0 bridgehead atoms. The average molecular weight is 537 g/mol. The van der Waals surface area contributed by atoms with Gasteiger partial charge in [0.25, 0.3) is 5.91 Å². The molecule has 1 aliphatic heterocycles. The average Bonchev–Trinajstić information content (AvgIpc) is 3.26. The van der Waals surface area contributed by atoms with E-state index < -0.39 is 59.8 Å². The number of aryl methyl sites for hydroxylation is 2. The van der Waals surface area contributed by atoms with Crippen LogP contribution in [0.25, 0.3) is 11.0 Å². The van der Waals surface area contributed by atoms with Crippen LogP contribution in [0.4, 0.5) is 5.69 Å². The van der Waals surface area contributed by atoms with E-state index in [9.17, 15) is 24.9 Å². The largest absolute Gasteiger partial charge is 0.505 e. The van der Waals surface area contributed by atoms with Crippen LogP contribution in [0.5, 0.6) is 17.4 Å². The Morgan fingerprint density at radius 2 is 1.97 bits per heavy atom. The molecule has 0 radical (unpaired) electrons. The molecule has 13 heteroatoms. The van der Waals surface area contributed by atoms with Crippen LogP contribution in [-0.4, -0.2) is 69.5 Å². The summed E-state index contributed by atoms with van der Waals surface area (Å²) in [6, 6.07) is 4.57. The quantitative estimate of drug-likeness (QED) is 0.325. The molecular formula is C24H28N2O10S. The molecule has 0 aliphatic carbocycles. The maximum Gasteiger partial charge on any atom is 0.364 e. The number of anilines is 1. The van der Waals surface area contributed by atoms with Crippen LogP contribution >= 0.6 is 11.5 Å². The summed E-state index contributed by atoms with van der Waals surface area (Å²) in [5.41, 5.74) is -2.08. The number of amides is 1. The van der Waals surface area contributed by atoms with Crippen LogP contribution < -0.4 is 20.4 Å². The van der Waals surface area contributed by atoms with Gasteiger partial charge < -0.3 is 44.0 Å². The lowest BCUT2D eigenvalue weighted by molar-refractivity contribution is -0.306. The molecule has 4 N–H and O–H groups in total. The van der Waals surface area contributed by atoms with Crippen molar-refractivity contribution in [1.82, 2.24) is 4.37 Å². The smallest absolute Gasteiger partial charge is 0.364 e. The first-order valence-corrected chi connectivity index (χ1v) is 12.1. The van der Waals surface area contributed by atoms with Gasteiger partial charge in [-0.05, 0) is 51.4 Å². The maximum absolute atomic E-state index is 12.6. The molecule has 1 aliphatic rings. The molecule has 4 rings (SSSR count). The lowest BCUT2D eigenvalue weighted by atomic mass is 9.89. The summed E-state index contributed by atoms with van der Waals surface area (Å²) in [7, 11) is 1.40. The van der Waals surface area contributed by atoms with Crippen molar-refractivity contribution in [3.05, 3.63) is 39.1 Å². The van der Waals surface area contributed by atoms with E-state index in [0.29, 0.717) is 5.56 Å². The molecule has 200 valence electrons. The van der Waals surface area contributed by atoms with Gasteiger partial charge in [0, 0.05) is 23.6 Å². The van der Waals surface area contributed by atoms with Crippen LogP contribution in [0.1, 0.15) is 24.3 Å². The van der Waals surface area contributed by atoms with Gasteiger partial charge in [0.15, 0.2) is 18.0 Å². The minimum atomic E-state index is -1.43. The van der Waals surface area contributed by atoms with E-state index in [-0.39, 0.29) is 22.6 Å². The lowest BCUT2D eigenvalue weighted by Gasteiger charge is -2.46. The van der Waals surface area contributed by atoms with E-state index in [0.717, 1.165) is 4.88 Å². The van der Waals surface area contributed by atoms with Crippen LogP contribution in [0.2, 0.25) is 0 Å². The Kier molecular flexibility index (Phi) is 7.44. The summed E-state index contributed by atoms with van der Waals surface area (Å²) >= 11 is 1.22. The Hall–Kier alpha value is -3.23. The minimum absolute atomic E-state index is 0.00655. The number of ether oxygens (including phenoxy) is 4. The number of aromatic nitrogens is 1. The number of benzene rings is 1. The maximum atomic E-state index is 12.6. The first-order valence-electron chi connectivity index (χ1n) is 11.3. The zero-order chi connectivity index (χ0) is 27.1. The number of aliphatic hydroxyl groups excluding tert-OH is 2. The second-order valence-corrected chi connectivity index (χ2v) is 10.1. The van der Waals surface area contributed by atoms with Gasteiger partial charge in [0.1, 0.15) is 29.6 Å². The second-order valence-electron chi connectivity index (χ2n) is 9.14. The summed E-state index contributed by atoms with van der Waals surface area (Å²) in [6.07, 6.45) is -4.76. The number of fused-ring (bicyclic) bond motifs is 1. The fourth-order valence-electron chi connectivity index (χ4n) is 4.16.